The summed E-state index contributed by atoms with van der Waals surface area (Å²) in [6, 6.07) is 9.76. The Morgan fingerprint density at radius 1 is 1.11 bits per heavy atom. The van der Waals surface area contributed by atoms with Gasteiger partial charge in [0.05, 0.1) is 4.88 Å². The largest absolute Gasteiger partial charge is 0.342 e. The minimum absolute atomic E-state index is 0.0719. The molecule has 142 valence electrons. The lowest BCUT2D eigenvalue weighted by Crippen LogP contribution is -2.33. The SMILES string of the molecule is CCc1ccsc1C(=O)Nc1ccc2c(ccn2CC(=O)N(CC)CC)c1. The van der Waals surface area contributed by atoms with E-state index < -0.39 is 0 Å². The molecule has 0 spiro atoms. The molecule has 0 aliphatic heterocycles. The van der Waals surface area contributed by atoms with E-state index in [0.29, 0.717) is 19.6 Å². The van der Waals surface area contributed by atoms with E-state index in [1.807, 2.05) is 72.1 Å². The van der Waals surface area contributed by atoms with Crippen molar-refractivity contribution >= 4 is 39.7 Å². The van der Waals surface area contributed by atoms with Crippen LogP contribution in [-0.2, 0) is 17.8 Å². The van der Waals surface area contributed by atoms with Crippen molar-refractivity contribution in [2.45, 2.75) is 33.7 Å². The number of carbonyl (C=O) groups is 2. The van der Waals surface area contributed by atoms with Gasteiger partial charge in [-0.25, -0.2) is 0 Å². The lowest BCUT2D eigenvalue weighted by molar-refractivity contribution is -0.131. The van der Waals surface area contributed by atoms with Crippen molar-refractivity contribution in [1.82, 2.24) is 9.47 Å². The van der Waals surface area contributed by atoms with E-state index in [1.165, 1.54) is 11.3 Å². The quantitative estimate of drug-likeness (QED) is 0.658. The molecular formula is C21H25N3O2S. The van der Waals surface area contributed by atoms with Gasteiger partial charge in [0.1, 0.15) is 6.54 Å². The predicted molar refractivity (Wildman–Crippen MR) is 112 cm³/mol. The molecule has 0 fully saturated rings. The minimum atomic E-state index is -0.0719. The first-order valence-corrected chi connectivity index (χ1v) is 10.2. The summed E-state index contributed by atoms with van der Waals surface area (Å²) >= 11 is 1.46. The van der Waals surface area contributed by atoms with Crippen LogP contribution in [0.25, 0.3) is 10.9 Å². The van der Waals surface area contributed by atoms with E-state index >= 15 is 0 Å². The highest BCUT2D eigenvalue weighted by molar-refractivity contribution is 7.12. The van der Waals surface area contributed by atoms with E-state index in [4.69, 9.17) is 0 Å². The Kier molecular flexibility index (Phi) is 5.96. The highest BCUT2D eigenvalue weighted by Crippen LogP contribution is 2.23. The number of aromatic nitrogens is 1. The molecule has 1 N–H and O–H groups in total. The molecule has 0 radical (unpaired) electrons. The first-order chi connectivity index (χ1) is 13.1. The van der Waals surface area contributed by atoms with Crippen LogP contribution in [0.15, 0.2) is 41.9 Å². The first kappa shape index (κ1) is 19.2. The summed E-state index contributed by atoms with van der Waals surface area (Å²) in [4.78, 5) is 27.5. The number of benzene rings is 1. The second-order valence-corrected chi connectivity index (χ2v) is 7.28. The number of hydrogen-bond acceptors (Lipinski definition) is 3. The number of likely N-dealkylation sites (N-methyl/N-ethyl adjacent to an activating group) is 1. The number of nitrogens with zero attached hydrogens (tertiary/aromatic N) is 2. The maximum absolute atomic E-state index is 12.5. The van der Waals surface area contributed by atoms with E-state index in [-0.39, 0.29) is 11.8 Å². The van der Waals surface area contributed by atoms with Crippen molar-refractivity contribution in [3.05, 3.63) is 52.3 Å². The molecule has 2 amide bonds. The van der Waals surface area contributed by atoms with Crippen LogP contribution < -0.4 is 5.32 Å². The third-order valence-electron chi connectivity index (χ3n) is 4.78. The number of thiophene rings is 1. The van der Waals surface area contributed by atoms with Gasteiger partial charge in [-0.1, -0.05) is 6.92 Å². The second kappa shape index (κ2) is 8.39. The van der Waals surface area contributed by atoms with Crippen molar-refractivity contribution in [2.75, 3.05) is 18.4 Å². The smallest absolute Gasteiger partial charge is 0.266 e. The second-order valence-electron chi connectivity index (χ2n) is 6.37. The van der Waals surface area contributed by atoms with Crippen molar-refractivity contribution in [2.24, 2.45) is 0 Å². The lowest BCUT2D eigenvalue weighted by atomic mass is 10.2. The Hall–Kier alpha value is -2.60. The minimum Gasteiger partial charge on any atom is -0.342 e. The van der Waals surface area contributed by atoms with Gasteiger partial charge in [-0.3, -0.25) is 9.59 Å². The van der Waals surface area contributed by atoms with Crippen LogP contribution in [0.2, 0.25) is 0 Å². The summed E-state index contributed by atoms with van der Waals surface area (Å²) in [5, 5.41) is 5.94. The van der Waals surface area contributed by atoms with Crippen LogP contribution in [0.1, 0.15) is 36.0 Å². The first-order valence-electron chi connectivity index (χ1n) is 9.31. The Bertz CT molecular complexity index is 953. The zero-order chi connectivity index (χ0) is 19.4. The van der Waals surface area contributed by atoms with Crippen LogP contribution in [0, 0.1) is 0 Å². The van der Waals surface area contributed by atoms with E-state index in [9.17, 15) is 9.59 Å². The molecule has 6 heteroatoms. The molecule has 0 aliphatic rings. The van der Waals surface area contributed by atoms with Gasteiger partial charge in [-0.15, -0.1) is 11.3 Å². The molecule has 0 saturated heterocycles. The van der Waals surface area contributed by atoms with Gasteiger partial charge in [0.25, 0.3) is 5.91 Å². The van der Waals surface area contributed by atoms with Gasteiger partial charge in [0, 0.05) is 35.9 Å². The van der Waals surface area contributed by atoms with E-state index in [2.05, 4.69) is 5.32 Å². The number of amides is 2. The van der Waals surface area contributed by atoms with E-state index in [1.54, 1.807) is 0 Å². The summed E-state index contributed by atoms with van der Waals surface area (Å²) in [5.41, 5.74) is 2.81. The summed E-state index contributed by atoms with van der Waals surface area (Å²) in [5.74, 6) is 0.0389. The summed E-state index contributed by atoms with van der Waals surface area (Å²) < 4.78 is 1.95. The third kappa shape index (κ3) is 4.06. The molecule has 2 aromatic heterocycles. The summed E-state index contributed by atoms with van der Waals surface area (Å²) in [7, 11) is 0. The van der Waals surface area contributed by atoms with Gasteiger partial charge in [-0.05, 0) is 61.5 Å². The van der Waals surface area contributed by atoms with E-state index in [0.717, 1.165) is 33.5 Å². The fourth-order valence-electron chi connectivity index (χ4n) is 3.24. The van der Waals surface area contributed by atoms with Gasteiger partial charge in [0.15, 0.2) is 0 Å². The van der Waals surface area contributed by atoms with Crippen LogP contribution in [0.4, 0.5) is 5.69 Å². The zero-order valence-electron chi connectivity index (χ0n) is 16.0. The monoisotopic (exact) mass is 383 g/mol. The highest BCUT2D eigenvalue weighted by Gasteiger charge is 2.14. The molecule has 5 nitrogen and oxygen atoms in total. The zero-order valence-corrected chi connectivity index (χ0v) is 16.8. The van der Waals surface area contributed by atoms with Crippen LogP contribution in [0.5, 0.6) is 0 Å². The number of hydrogen-bond donors (Lipinski definition) is 1. The van der Waals surface area contributed by atoms with Gasteiger partial charge < -0.3 is 14.8 Å². The molecule has 1 aromatic carbocycles. The molecule has 0 bridgehead atoms. The molecule has 3 rings (SSSR count). The Morgan fingerprint density at radius 2 is 1.89 bits per heavy atom. The molecule has 0 aliphatic carbocycles. The normalized spacial score (nSPS) is 10.9. The maximum atomic E-state index is 12.5. The number of carbonyl (C=O) groups excluding carboxylic acids is 2. The van der Waals surface area contributed by atoms with Gasteiger partial charge in [-0.2, -0.15) is 0 Å². The van der Waals surface area contributed by atoms with Gasteiger partial charge in [0.2, 0.25) is 5.91 Å². The predicted octanol–water partition coefficient (Wildman–Crippen LogP) is 4.39. The van der Waals surface area contributed by atoms with Crippen molar-refractivity contribution in [3.8, 4) is 0 Å². The summed E-state index contributed by atoms with van der Waals surface area (Å²) in [6.45, 7) is 7.78. The molecular weight excluding hydrogens is 358 g/mol. The molecule has 0 unspecified atom stereocenters. The fourth-order valence-corrected chi connectivity index (χ4v) is 4.13. The third-order valence-corrected chi connectivity index (χ3v) is 5.74. The number of nitrogens with one attached hydrogen (secondary N) is 1. The Balaban J connectivity index is 1.77. The van der Waals surface area contributed by atoms with Crippen molar-refractivity contribution in [3.63, 3.8) is 0 Å². The number of fused-ring (bicyclic) bond motifs is 1. The average molecular weight is 384 g/mol. The lowest BCUT2D eigenvalue weighted by Gasteiger charge is -2.19. The van der Waals surface area contributed by atoms with Gasteiger partial charge >= 0.3 is 0 Å². The average Bonchev–Trinajstić information content (AvgIpc) is 3.29. The topological polar surface area (TPSA) is 54.3 Å². The Morgan fingerprint density at radius 3 is 2.59 bits per heavy atom. The molecule has 2 heterocycles. The molecule has 3 aromatic rings. The van der Waals surface area contributed by atoms with Crippen LogP contribution in [0.3, 0.4) is 0 Å². The number of rotatable bonds is 7. The van der Waals surface area contributed by atoms with Crippen LogP contribution >= 0.6 is 11.3 Å². The van der Waals surface area contributed by atoms with Crippen molar-refractivity contribution < 1.29 is 9.59 Å². The molecule has 0 atom stereocenters. The van der Waals surface area contributed by atoms with Crippen molar-refractivity contribution in [1.29, 1.82) is 0 Å². The number of aryl methyl sites for hydroxylation is 1. The number of anilines is 1. The molecule has 0 saturated carbocycles. The maximum Gasteiger partial charge on any atom is 0.266 e. The standard InChI is InChI=1S/C21H25N3O2S/c1-4-15-10-12-27-20(15)21(26)22-17-7-8-18-16(13-17)9-11-24(18)14-19(25)23(5-2)6-3/h7-13H,4-6,14H2,1-3H3,(H,22,26). The summed E-state index contributed by atoms with van der Waals surface area (Å²) in [6.07, 6.45) is 2.76. The molecule has 27 heavy (non-hydrogen) atoms. The van der Waals surface area contributed by atoms with Crippen LogP contribution in [-0.4, -0.2) is 34.4 Å². The highest BCUT2D eigenvalue weighted by atomic mass is 32.1. The fraction of sp³-hybridized carbons (Fsp3) is 0.333. The Labute approximate surface area is 163 Å².